The van der Waals surface area contributed by atoms with Crippen molar-refractivity contribution in [2.24, 2.45) is 4.99 Å². The van der Waals surface area contributed by atoms with Crippen molar-refractivity contribution in [1.29, 1.82) is 0 Å². The van der Waals surface area contributed by atoms with Crippen LogP contribution in [0.25, 0.3) is 0 Å². The van der Waals surface area contributed by atoms with Gasteiger partial charge in [0, 0.05) is 6.54 Å². The second kappa shape index (κ2) is 4.36. The Kier molecular flexibility index (Phi) is 2.71. The first kappa shape index (κ1) is 10.6. The van der Waals surface area contributed by atoms with Gasteiger partial charge in [-0.3, -0.25) is 4.99 Å². The Morgan fingerprint density at radius 3 is 3.12 bits per heavy atom. The fraction of sp³-hybridized carbons (Fsp3) is 0.400. The van der Waals surface area contributed by atoms with Crippen LogP contribution in [0, 0.1) is 6.92 Å². The fourth-order valence-electron chi connectivity index (χ4n) is 2.42. The molecule has 0 N–H and O–H groups in total. The molecule has 2 aliphatic rings. The minimum absolute atomic E-state index is 0.154. The lowest BCUT2D eigenvalue weighted by Gasteiger charge is -2.27. The molecule has 0 aromatic heterocycles. The molecule has 2 heterocycles. The number of dihydropyridines is 1. The minimum Gasteiger partial charge on any atom is -0.484 e. The predicted molar refractivity (Wildman–Crippen MR) is 70.0 cm³/mol. The summed E-state index contributed by atoms with van der Waals surface area (Å²) in [5.41, 5.74) is 3.70. The molecule has 0 amide bonds. The van der Waals surface area contributed by atoms with Crippen molar-refractivity contribution in [2.75, 3.05) is 6.54 Å². The summed E-state index contributed by atoms with van der Waals surface area (Å²) in [4.78, 5) is 4.55. The molecule has 0 bridgehead atoms. The molecular weight excluding hydrogens is 210 g/mol. The molecule has 17 heavy (non-hydrogen) atoms. The quantitative estimate of drug-likeness (QED) is 0.722. The highest BCUT2D eigenvalue weighted by atomic mass is 16.5. The van der Waals surface area contributed by atoms with Crippen molar-refractivity contribution >= 4 is 5.71 Å². The maximum atomic E-state index is 6.07. The van der Waals surface area contributed by atoms with E-state index in [-0.39, 0.29) is 6.10 Å². The van der Waals surface area contributed by atoms with Gasteiger partial charge in [-0.15, -0.1) is 0 Å². The van der Waals surface area contributed by atoms with Crippen LogP contribution in [-0.2, 0) is 6.42 Å². The van der Waals surface area contributed by atoms with Gasteiger partial charge in [0.25, 0.3) is 0 Å². The summed E-state index contributed by atoms with van der Waals surface area (Å²) in [7, 11) is 0. The normalized spacial score (nSPS) is 22.6. The summed E-state index contributed by atoms with van der Waals surface area (Å²) >= 11 is 0. The maximum absolute atomic E-state index is 6.07. The van der Waals surface area contributed by atoms with Crippen LogP contribution in [0.4, 0.5) is 0 Å². The zero-order chi connectivity index (χ0) is 11.7. The third kappa shape index (κ3) is 2.12. The number of ether oxygens (including phenoxy) is 1. The minimum atomic E-state index is 0.154. The highest BCUT2D eigenvalue weighted by Crippen LogP contribution is 2.29. The zero-order valence-corrected chi connectivity index (χ0v) is 10.1. The van der Waals surface area contributed by atoms with Crippen LogP contribution in [0.2, 0.25) is 0 Å². The first-order chi connectivity index (χ1) is 8.33. The van der Waals surface area contributed by atoms with Crippen molar-refractivity contribution in [1.82, 2.24) is 0 Å². The second-order valence-electron chi connectivity index (χ2n) is 4.75. The number of aliphatic imine (C=N–C) groups is 1. The van der Waals surface area contributed by atoms with E-state index in [1.54, 1.807) is 0 Å². The summed E-state index contributed by atoms with van der Waals surface area (Å²) in [6.45, 7) is 3.01. The van der Waals surface area contributed by atoms with E-state index < -0.39 is 0 Å². The van der Waals surface area contributed by atoms with Gasteiger partial charge in [-0.1, -0.05) is 18.2 Å². The number of nitrogens with zero attached hydrogens (tertiary/aromatic N) is 1. The zero-order valence-electron chi connectivity index (χ0n) is 10.1. The van der Waals surface area contributed by atoms with E-state index in [0.29, 0.717) is 0 Å². The third-order valence-corrected chi connectivity index (χ3v) is 3.38. The van der Waals surface area contributed by atoms with Crippen LogP contribution in [0.3, 0.4) is 0 Å². The molecule has 0 radical (unpaired) electrons. The summed E-state index contributed by atoms with van der Waals surface area (Å²) in [6, 6.07) is 6.47. The van der Waals surface area contributed by atoms with Gasteiger partial charge in [0.2, 0.25) is 0 Å². The van der Waals surface area contributed by atoms with Crippen molar-refractivity contribution in [3.8, 4) is 5.75 Å². The maximum Gasteiger partial charge on any atom is 0.140 e. The molecule has 0 aliphatic carbocycles. The Bertz CT molecular complexity index is 488. The van der Waals surface area contributed by atoms with E-state index in [0.717, 1.165) is 37.3 Å². The first-order valence-corrected chi connectivity index (χ1v) is 6.30. The van der Waals surface area contributed by atoms with Crippen LogP contribution in [0.5, 0.6) is 5.75 Å². The third-order valence-electron chi connectivity index (χ3n) is 3.38. The lowest BCUT2D eigenvalue weighted by Crippen LogP contribution is -2.31. The molecule has 0 saturated carbocycles. The Morgan fingerprint density at radius 2 is 2.29 bits per heavy atom. The molecule has 1 unspecified atom stereocenters. The highest BCUT2D eigenvalue weighted by Gasteiger charge is 2.23. The molecule has 3 rings (SSSR count). The van der Waals surface area contributed by atoms with Crippen LogP contribution in [0.15, 0.2) is 35.3 Å². The average molecular weight is 227 g/mol. The van der Waals surface area contributed by atoms with Gasteiger partial charge in [0.05, 0.1) is 5.71 Å². The summed E-state index contributed by atoms with van der Waals surface area (Å²) < 4.78 is 6.07. The molecular formula is C15H17NO. The van der Waals surface area contributed by atoms with Gasteiger partial charge in [0.1, 0.15) is 11.9 Å². The van der Waals surface area contributed by atoms with Gasteiger partial charge in [-0.2, -0.15) is 0 Å². The number of hydrogen-bond acceptors (Lipinski definition) is 2. The van der Waals surface area contributed by atoms with E-state index in [1.165, 1.54) is 11.1 Å². The van der Waals surface area contributed by atoms with Gasteiger partial charge in [-0.05, 0) is 49.5 Å². The number of fused-ring (bicyclic) bond motifs is 1. The number of benzene rings is 1. The molecule has 1 aromatic rings. The van der Waals surface area contributed by atoms with E-state index >= 15 is 0 Å². The number of rotatable bonds is 1. The highest BCUT2D eigenvalue weighted by molar-refractivity contribution is 5.99. The second-order valence-corrected chi connectivity index (χ2v) is 4.75. The lowest BCUT2D eigenvalue weighted by molar-refractivity contribution is 0.236. The van der Waals surface area contributed by atoms with E-state index in [9.17, 15) is 0 Å². The molecule has 88 valence electrons. The molecule has 0 spiro atoms. The van der Waals surface area contributed by atoms with Gasteiger partial charge < -0.3 is 4.74 Å². The van der Waals surface area contributed by atoms with Crippen molar-refractivity contribution in [3.63, 3.8) is 0 Å². The van der Waals surface area contributed by atoms with Crippen LogP contribution in [0.1, 0.15) is 24.0 Å². The summed E-state index contributed by atoms with van der Waals surface area (Å²) in [6.07, 6.45) is 7.66. The van der Waals surface area contributed by atoms with Crippen molar-refractivity contribution in [2.45, 2.75) is 32.3 Å². The van der Waals surface area contributed by atoms with Crippen LogP contribution in [-0.4, -0.2) is 18.4 Å². The summed E-state index contributed by atoms with van der Waals surface area (Å²) in [5.74, 6) is 1.04. The summed E-state index contributed by atoms with van der Waals surface area (Å²) in [5, 5.41) is 0. The van der Waals surface area contributed by atoms with E-state index in [1.807, 2.05) is 0 Å². The van der Waals surface area contributed by atoms with E-state index in [4.69, 9.17) is 4.74 Å². The van der Waals surface area contributed by atoms with E-state index in [2.05, 4.69) is 42.3 Å². The molecule has 1 aromatic carbocycles. The molecule has 1 atom stereocenters. The molecule has 0 fully saturated rings. The molecule has 2 aliphatic heterocycles. The monoisotopic (exact) mass is 227 g/mol. The first-order valence-electron chi connectivity index (χ1n) is 6.30. The van der Waals surface area contributed by atoms with Gasteiger partial charge in [-0.25, -0.2) is 0 Å². The van der Waals surface area contributed by atoms with Gasteiger partial charge >= 0.3 is 0 Å². The van der Waals surface area contributed by atoms with Gasteiger partial charge in [0.15, 0.2) is 0 Å². The topological polar surface area (TPSA) is 21.6 Å². The Morgan fingerprint density at radius 1 is 1.35 bits per heavy atom. The largest absolute Gasteiger partial charge is 0.484 e. The lowest BCUT2D eigenvalue weighted by atomic mass is 9.97. The SMILES string of the molecule is Cc1ccc2c(c1)OC(C1=NCCC=C1)CC2. The molecule has 2 nitrogen and oxygen atoms in total. The Hall–Kier alpha value is -1.57. The standard InChI is InChI=1S/C15H17NO/c1-11-5-6-12-7-8-14(17-15(12)10-11)13-4-2-3-9-16-13/h2,4-6,10,14H,3,7-9H2,1H3. The fourth-order valence-corrected chi connectivity index (χ4v) is 2.42. The predicted octanol–water partition coefficient (Wildman–Crippen LogP) is 3.09. The number of hydrogen-bond donors (Lipinski definition) is 0. The Labute approximate surface area is 102 Å². The van der Waals surface area contributed by atoms with Crippen molar-refractivity contribution < 1.29 is 4.74 Å². The van der Waals surface area contributed by atoms with Crippen LogP contribution >= 0.6 is 0 Å². The number of aryl methyl sites for hydroxylation is 2. The smallest absolute Gasteiger partial charge is 0.140 e. The van der Waals surface area contributed by atoms with Crippen LogP contribution < -0.4 is 4.74 Å². The molecule has 0 saturated heterocycles. The molecule has 2 heteroatoms. The Balaban J connectivity index is 1.84. The average Bonchev–Trinajstić information content (AvgIpc) is 2.39. The van der Waals surface area contributed by atoms with Crippen molar-refractivity contribution in [3.05, 3.63) is 41.5 Å².